The number of hydrogen-bond acceptors (Lipinski definition) is 3. The van der Waals surface area contributed by atoms with Crippen LogP contribution in [0, 0.1) is 11.8 Å². The molecule has 0 saturated heterocycles. The van der Waals surface area contributed by atoms with Crippen LogP contribution in [-0.4, -0.2) is 11.9 Å². The Morgan fingerprint density at radius 3 is 2.04 bits per heavy atom. The van der Waals surface area contributed by atoms with Gasteiger partial charge in [-0.2, -0.15) is 0 Å². The maximum atomic E-state index is 12.4. The van der Waals surface area contributed by atoms with Gasteiger partial charge < -0.3 is 15.2 Å². The Kier molecular flexibility index (Phi) is 4.94. The molecule has 0 aliphatic heterocycles. The van der Waals surface area contributed by atoms with Gasteiger partial charge in [0.2, 0.25) is 5.91 Å². The summed E-state index contributed by atoms with van der Waals surface area (Å²) in [5.74, 6) is -2.52. The molecule has 124 valence electrons. The van der Waals surface area contributed by atoms with Crippen LogP contribution in [0.25, 0.3) is 11.1 Å². The Labute approximate surface area is 141 Å². The first-order valence-electron chi connectivity index (χ1n) is 8.32. The Hall–Kier alpha value is -2.62. The van der Waals surface area contributed by atoms with Gasteiger partial charge in [0.25, 0.3) is 0 Å². The standard InChI is InChI=1S/C20H21NO3/c22-19(17-8-4-5-9-18(17)20(23)24)21-16-12-10-15(11-13-16)14-6-2-1-3-7-14/h1-3,6-7,10-13,17-18H,4-5,8-9H2,(H,21,22)(H,23,24)/p-1/t17-,18+/m0/s1. The number of carboxylic acids is 1. The van der Waals surface area contributed by atoms with E-state index in [-0.39, 0.29) is 5.91 Å². The molecule has 1 amide bonds. The Balaban J connectivity index is 1.69. The van der Waals surface area contributed by atoms with Gasteiger partial charge >= 0.3 is 0 Å². The first-order chi connectivity index (χ1) is 11.6. The van der Waals surface area contributed by atoms with Gasteiger partial charge in [-0.1, -0.05) is 55.3 Å². The molecule has 0 heterocycles. The molecular weight excluding hydrogens is 302 g/mol. The zero-order chi connectivity index (χ0) is 16.9. The lowest BCUT2D eigenvalue weighted by Gasteiger charge is -2.31. The van der Waals surface area contributed by atoms with Crippen LogP contribution in [0.2, 0.25) is 0 Å². The van der Waals surface area contributed by atoms with Gasteiger partial charge in [0, 0.05) is 23.5 Å². The molecule has 0 bridgehead atoms. The largest absolute Gasteiger partial charge is 0.550 e. The van der Waals surface area contributed by atoms with E-state index < -0.39 is 17.8 Å². The van der Waals surface area contributed by atoms with E-state index in [4.69, 9.17) is 0 Å². The van der Waals surface area contributed by atoms with Crippen molar-refractivity contribution in [1.29, 1.82) is 0 Å². The van der Waals surface area contributed by atoms with Crippen LogP contribution in [0.4, 0.5) is 5.69 Å². The van der Waals surface area contributed by atoms with Crippen molar-refractivity contribution in [2.24, 2.45) is 11.8 Å². The van der Waals surface area contributed by atoms with Crippen LogP contribution < -0.4 is 10.4 Å². The molecule has 1 aliphatic rings. The van der Waals surface area contributed by atoms with Gasteiger partial charge in [0.1, 0.15) is 0 Å². The van der Waals surface area contributed by atoms with Crippen LogP contribution in [0.15, 0.2) is 54.6 Å². The van der Waals surface area contributed by atoms with Crippen LogP contribution in [0.1, 0.15) is 25.7 Å². The number of nitrogens with one attached hydrogen (secondary N) is 1. The number of anilines is 1. The molecule has 1 aliphatic carbocycles. The van der Waals surface area contributed by atoms with E-state index in [1.807, 2.05) is 54.6 Å². The van der Waals surface area contributed by atoms with E-state index in [2.05, 4.69) is 5.32 Å². The van der Waals surface area contributed by atoms with Crippen LogP contribution in [0.3, 0.4) is 0 Å². The minimum absolute atomic E-state index is 0.226. The maximum Gasteiger partial charge on any atom is 0.228 e. The Morgan fingerprint density at radius 1 is 0.833 bits per heavy atom. The van der Waals surface area contributed by atoms with E-state index in [0.717, 1.165) is 24.0 Å². The second kappa shape index (κ2) is 7.30. The quantitative estimate of drug-likeness (QED) is 0.941. The number of carboxylic acid groups (broad SMARTS) is 1. The fourth-order valence-electron chi connectivity index (χ4n) is 3.34. The fourth-order valence-corrected chi connectivity index (χ4v) is 3.34. The highest BCUT2D eigenvalue weighted by atomic mass is 16.4. The summed E-state index contributed by atoms with van der Waals surface area (Å²) in [5, 5.41) is 14.1. The molecule has 24 heavy (non-hydrogen) atoms. The molecule has 1 saturated carbocycles. The molecule has 0 aromatic heterocycles. The van der Waals surface area contributed by atoms with Crippen molar-refractivity contribution in [3.63, 3.8) is 0 Å². The fraction of sp³-hybridized carbons (Fsp3) is 0.300. The molecule has 3 rings (SSSR count). The number of rotatable bonds is 4. The Morgan fingerprint density at radius 2 is 1.42 bits per heavy atom. The van der Waals surface area contributed by atoms with E-state index in [1.54, 1.807) is 0 Å². The predicted octanol–water partition coefficient (Wildman–Crippen LogP) is 2.85. The number of carbonyl (C=O) groups is 2. The van der Waals surface area contributed by atoms with Gasteiger partial charge in [-0.3, -0.25) is 4.79 Å². The predicted molar refractivity (Wildman–Crippen MR) is 91.0 cm³/mol. The summed E-state index contributed by atoms with van der Waals surface area (Å²) in [6.45, 7) is 0. The van der Waals surface area contributed by atoms with Gasteiger partial charge in [-0.05, 0) is 36.1 Å². The summed E-state index contributed by atoms with van der Waals surface area (Å²) in [6, 6.07) is 17.6. The number of aliphatic carboxylic acids is 1. The highest BCUT2D eigenvalue weighted by Gasteiger charge is 2.31. The molecule has 2 aromatic carbocycles. The smallest absolute Gasteiger partial charge is 0.228 e. The lowest BCUT2D eigenvalue weighted by Crippen LogP contribution is -2.42. The minimum atomic E-state index is -1.12. The lowest BCUT2D eigenvalue weighted by molar-refractivity contribution is -0.313. The molecule has 2 atom stereocenters. The van der Waals surface area contributed by atoms with E-state index in [9.17, 15) is 14.7 Å². The third kappa shape index (κ3) is 3.65. The molecule has 4 nitrogen and oxygen atoms in total. The molecule has 0 spiro atoms. The van der Waals surface area contributed by atoms with Crippen molar-refractivity contribution in [2.75, 3.05) is 5.32 Å². The minimum Gasteiger partial charge on any atom is -0.550 e. The molecule has 1 N–H and O–H groups in total. The summed E-state index contributed by atoms with van der Waals surface area (Å²) >= 11 is 0. The lowest BCUT2D eigenvalue weighted by atomic mass is 9.78. The van der Waals surface area contributed by atoms with Gasteiger partial charge in [0.05, 0.1) is 0 Å². The van der Waals surface area contributed by atoms with E-state index >= 15 is 0 Å². The van der Waals surface area contributed by atoms with E-state index in [1.165, 1.54) is 0 Å². The molecule has 4 heteroatoms. The average molecular weight is 322 g/mol. The van der Waals surface area contributed by atoms with Crippen molar-refractivity contribution in [1.82, 2.24) is 0 Å². The van der Waals surface area contributed by atoms with Crippen molar-refractivity contribution in [2.45, 2.75) is 25.7 Å². The maximum absolute atomic E-state index is 12.4. The summed E-state index contributed by atoms with van der Waals surface area (Å²) in [5.41, 5.74) is 2.86. The number of hydrogen-bond donors (Lipinski definition) is 1. The second-order valence-electron chi connectivity index (χ2n) is 6.25. The summed E-state index contributed by atoms with van der Waals surface area (Å²) in [4.78, 5) is 23.7. The molecular formula is C20H20NO3-. The summed E-state index contributed by atoms with van der Waals surface area (Å²) in [7, 11) is 0. The summed E-state index contributed by atoms with van der Waals surface area (Å²) in [6.07, 6.45) is 2.85. The highest BCUT2D eigenvalue weighted by molar-refractivity contribution is 5.95. The zero-order valence-electron chi connectivity index (χ0n) is 13.4. The van der Waals surface area contributed by atoms with Crippen molar-refractivity contribution < 1.29 is 14.7 Å². The van der Waals surface area contributed by atoms with Gasteiger partial charge in [-0.25, -0.2) is 0 Å². The SMILES string of the molecule is O=C(Nc1ccc(-c2ccccc2)cc1)[C@H]1CCCC[C@H]1C(=O)[O-]. The number of benzene rings is 2. The van der Waals surface area contributed by atoms with Gasteiger partial charge in [0.15, 0.2) is 0 Å². The second-order valence-corrected chi connectivity index (χ2v) is 6.25. The third-order valence-corrected chi connectivity index (χ3v) is 4.67. The van der Waals surface area contributed by atoms with Crippen LogP contribution in [0.5, 0.6) is 0 Å². The number of amides is 1. The highest BCUT2D eigenvalue weighted by Crippen LogP contribution is 2.31. The molecule has 0 radical (unpaired) electrons. The third-order valence-electron chi connectivity index (χ3n) is 4.67. The monoisotopic (exact) mass is 322 g/mol. The molecule has 1 fully saturated rings. The molecule has 0 unspecified atom stereocenters. The van der Waals surface area contributed by atoms with Crippen molar-refractivity contribution in [3.05, 3.63) is 54.6 Å². The average Bonchev–Trinajstić information content (AvgIpc) is 2.63. The number of carbonyl (C=O) groups excluding carboxylic acids is 2. The van der Waals surface area contributed by atoms with Gasteiger partial charge in [-0.15, -0.1) is 0 Å². The first kappa shape index (κ1) is 16.2. The zero-order valence-corrected chi connectivity index (χ0v) is 13.4. The first-order valence-corrected chi connectivity index (χ1v) is 8.32. The van der Waals surface area contributed by atoms with Crippen molar-refractivity contribution in [3.8, 4) is 11.1 Å². The molecule has 2 aromatic rings. The van der Waals surface area contributed by atoms with E-state index in [0.29, 0.717) is 18.5 Å². The normalized spacial score (nSPS) is 20.3. The topological polar surface area (TPSA) is 69.2 Å². The Bertz CT molecular complexity index is 709. The summed E-state index contributed by atoms with van der Waals surface area (Å²) < 4.78 is 0. The van der Waals surface area contributed by atoms with Crippen molar-refractivity contribution >= 4 is 17.6 Å². The van der Waals surface area contributed by atoms with Crippen LogP contribution in [-0.2, 0) is 9.59 Å². The van der Waals surface area contributed by atoms with Crippen LogP contribution >= 0.6 is 0 Å².